The molecule has 1 aromatic rings. The summed E-state index contributed by atoms with van der Waals surface area (Å²) < 4.78 is 0. The van der Waals surface area contributed by atoms with Crippen molar-refractivity contribution >= 4 is 11.6 Å². The van der Waals surface area contributed by atoms with Crippen LogP contribution in [0.4, 0.5) is 0 Å². The maximum atomic E-state index is 5.92. The van der Waals surface area contributed by atoms with Gasteiger partial charge in [0.05, 0.1) is 5.41 Å². The zero-order valence-corrected chi connectivity index (χ0v) is 7.30. The fourth-order valence-corrected chi connectivity index (χ4v) is 1.66. The molecule has 1 aromatic heterocycles. The molecule has 1 heterocycles. The van der Waals surface area contributed by atoms with Crippen molar-refractivity contribution in [1.82, 2.24) is 4.98 Å². The Labute approximate surface area is 76.8 Å². The number of hydrogen-bond donors (Lipinski definition) is 0. The van der Waals surface area contributed by atoms with E-state index in [4.69, 9.17) is 18.0 Å². The summed E-state index contributed by atoms with van der Waals surface area (Å²) >= 11 is 5.92. The quantitative estimate of drug-likeness (QED) is 0.474. The molecule has 1 fully saturated rings. The van der Waals surface area contributed by atoms with Crippen LogP contribution in [-0.4, -0.2) is 4.98 Å². The predicted molar refractivity (Wildman–Crippen MR) is 49.0 cm³/mol. The van der Waals surface area contributed by atoms with Crippen LogP contribution in [0, 0.1) is 12.3 Å². The van der Waals surface area contributed by atoms with Crippen molar-refractivity contribution < 1.29 is 0 Å². The summed E-state index contributed by atoms with van der Waals surface area (Å²) in [4.78, 5) is 4.00. The van der Waals surface area contributed by atoms with Crippen LogP contribution in [0.25, 0.3) is 0 Å². The molecular weight excluding hydrogens is 170 g/mol. The molecule has 1 aliphatic rings. The normalized spacial score (nSPS) is 18.3. The van der Waals surface area contributed by atoms with Crippen molar-refractivity contribution in [2.45, 2.75) is 18.3 Å². The minimum atomic E-state index is -0.0919. The maximum absolute atomic E-state index is 5.92. The van der Waals surface area contributed by atoms with Crippen molar-refractivity contribution in [3.05, 3.63) is 29.0 Å². The van der Waals surface area contributed by atoms with E-state index >= 15 is 0 Å². The van der Waals surface area contributed by atoms with E-state index in [1.807, 2.05) is 12.1 Å². The first-order chi connectivity index (χ1) is 5.78. The number of aromatic nitrogens is 1. The van der Waals surface area contributed by atoms with E-state index in [0.717, 1.165) is 18.4 Å². The Hall–Kier alpha value is -1.00. The van der Waals surface area contributed by atoms with Crippen LogP contribution in [0.2, 0.25) is 5.15 Å². The van der Waals surface area contributed by atoms with E-state index in [1.165, 1.54) is 0 Å². The lowest BCUT2D eigenvalue weighted by atomic mass is 9.99. The Bertz CT molecular complexity index is 347. The molecular formula is C10H8ClN. The first-order valence-corrected chi connectivity index (χ1v) is 4.25. The van der Waals surface area contributed by atoms with Gasteiger partial charge in [-0.3, -0.25) is 0 Å². The fourth-order valence-electron chi connectivity index (χ4n) is 1.36. The number of pyridine rings is 1. The highest BCUT2D eigenvalue weighted by molar-refractivity contribution is 6.30. The van der Waals surface area contributed by atoms with E-state index in [2.05, 4.69) is 10.9 Å². The number of nitrogens with zero attached hydrogens (tertiary/aromatic N) is 1. The lowest BCUT2D eigenvalue weighted by Crippen LogP contribution is -2.03. The standard InChI is InChI=1S/C10H8ClN/c1-2-10(5-6-10)8-4-3-7-12-9(8)11/h1,3-4,7H,5-6H2. The Balaban J connectivity index is 2.48. The third-order valence-electron chi connectivity index (χ3n) is 2.30. The number of terminal acetylenes is 1. The van der Waals surface area contributed by atoms with Gasteiger partial charge in [-0.15, -0.1) is 6.42 Å². The zero-order chi connectivity index (χ0) is 8.60. The minimum absolute atomic E-state index is 0.0919. The van der Waals surface area contributed by atoms with Crippen LogP contribution >= 0.6 is 11.6 Å². The number of rotatable bonds is 1. The Morgan fingerprint density at radius 1 is 1.58 bits per heavy atom. The van der Waals surface area contributed by atoms with E-state index in [0.29, 0.717) is 5.15 Å². The molecule has 2 rings (SSSR count). The first-order valence-electron chi connectivity index (χ1n) is 3.87. The summed E-state index contributed by atoms with van der Waals surface area (Å²) in [5.74, 6) is 2.79. The summed E-state index contributed by atoms with van der Waals surface area (Å²) in [5.41, 5.74) is 0.917. The van der Waals surface area contributed by atoms with E-state index in [1.54, 1.807) is 6.20 Å². The van der Waals surface area contributed by atoms with E-state index in [-0.39, 0.29) is 5.41 Å². The fraction of sp³-hybridized carbons (Fsp3) is 0.300. The maximum Gasteiger partial charge on any atom is 0.133 e. The monoisotopic (exact) mass is 177 g/mol. The lowest BCUT2D eigenvalue weighted by molar-refractivity contribution is 0.918. The second-order valence-corrected chi connectivity index (χ2v) is 3.43. The summed E-state index contributed by atoms with van der Waals surface area (Å²) in [7, 11) is 0. The first kappa shape index (κ1) is 7.64. The molecule has 0 unspecified atom stereocenters. The smallest absolute Gasteiger partial charge is 0.133 e. The molecule has 0 amide bonds. The molecule has 1 nitrogen and oxygen atoms in total. The van der Waals surface area contributed by atoms with Crippen molar-refractivity contribution in [1.29, 1.82) is 0 Å². The molecule has 12 heavy (non-hydrogen) atoms. The van der Waals surface area contributed by atoms with Gasteiger partial charge in [-0.1, -0.05) is 23.6 Å². The van der Waals surface area contributed by atoms with Crippen LogP contribution in [0.1, 0.15) is 18.4 Å². The topological polar surface area (TPSA) is 12.9 Å². The molecule has 1 saturated carbocycles. The second-order valence-electron chi connectivity index (χ2n) is 3.07. The SMILES string of the molecule is C#CC1(c2cccnc2Cl)CC1. The predicted octanol–water partition coefficient (Wildman–Crippen LogP) is 2.40. The van der Waals surface area contributed by atoms with Gasteiger partial charge in [0.25, 0.3) is 0 Å². The number of halogens is 1. The third-order valence-corrected chi connectivity index (χ3v) is 2.60. The molecule has 60 valence electrons. The Morgan fingerprint density at radius 3 is 2.83 bits per heavy atom. The molecule has 0 N–H and O–H groups in total. The van der Waals surface area contributed by atoms with Crippen LogP contribution in [0.15, 0.2) is 18.3 Å². The van der Waals surface area contributed by atoms with Gasteiger partial charge in [0.2, 0.25) is 0 Å². The van der Waals surface area contributed by atoms with Crippen molar-refractivity contribution in [2.75, 3.05) is 0 Å². The van der Waals surface area contributed by atoms with Crippen LogP contribution in [-0.2, 0) is 5.41 Å². The highest BCUT2D eigenvalue weighted by Gasteiger charge is 2.44. The highest BCUT2D eigenvalue weighted by Crippen LogP contribution is 2.49. The minimum Gasteiger partial charge on any atom is -0.244 e. The van der Waals surface area contributed by atoms with Gasteiger partial charge in [0, 0.05) is 11.8 Å². The average Bonchev–Trinajstić information content (AvgIpc) is 2.86. The van der Waals surface area contributed by atoms with Gasteiger partial charge >= 0.3 is 0 Å². The van der Waals surface area contributed by atoms with Gasteiger partial charge in [0.1, 0.15) is 5.15 Å². The summed E-state index contributed by atoms with van der Waals surface area (Å²) in [6, 6.07) is 3.83. The molecule has 0 atom stereocenters. The van der Waals surface area contributed by atoms with Crippen molar-refractivity contribution in [3.8, 4) is 12.3 Å². The molecule has 0 saturated heterocycles. The van der Waals surface area contributed by atoms with Crippen molar-refractivity contribution in [2.24, 2.45) is 0 Å². The van der Waals surface area contributed by atoms with Gasteiger partial charge in [-0.25, -0.2) is 4.98 Å². The molecule has 0 aliphatic heterocycles. The molecule has 0 radical (unpaired) electrons. The zero-order valence-electron chi connectivity index (χ0n) is 6.55. The second kappa shape index (κ2) is 2.50. The third kappa shape index (κ3) is 1.00. The van der Waals surface area contributed by atoms with Crippen LogP contribution in [0.5, 0.6) is 0 Å². The molecule has 0 aromatic carbocycles. The summed E-state index contributed by atoms with van der Waals surface area (Å²) in [6.45, 7) is 0. The van der Waals surface area contributed by atoms with E-state index < -0.39 is 0 Å². The molecule has 0 bridgehead atoms. The molecule has 1 aliphatic carbocycles. The van der Waals surface area contributed by atoms with E-state index in [9.17, 15) is 0 Å². The van der Waals surface area contributed by atoms with Gasteiger partial charge < -0.3 is 0 Å². The van der Waals surface area contributed by atoms with Gasteiger partial charge in [0.15, 0.2) is 0 Å². The summed E-state index contributed by atoms with van der Waals surface area (Å²) in [5, 5.41) is 0.549. The Kier molecular flexibility index (Phi) is 1.59. The van der Waals surface area contributed by atoms with Crippen molar-refractivity contribution in [3.63, 3.8) is 0 Å². The molecule has 0 spiro atoms. The Morgan fingerprint density at radius 2 is 2.33 bits per heavy atom. The largest absolute Gasteiger partial charge is 0.244 e. The van der Waals surface area contributed by atoms with Crippen LogP contribution in [0.3, 0.4) is 0 Å². The van der Waals surface area contributed by atoms with Gasteiger partial charge in [-0.2, -0.15) is 0 Å². The number of hydrogen-bond acceptors (Lipinski definition) is 1. The molecule has 2 heteroatoms. The van der Waals surface area contributed by atoms with Crippen LogP contribution < -0.4 is 0 Å². The summed E-state index contributed by atoms with van der Waals surface area (Å²) in [6.07, 6.45) is 9.19. The lowest BCUT2D eigenvalue weighted by Gasteiger charge is -2.07. The highest BCUT2D eigenvalue weighted by atomic mass is 35.5. The average molecular weight is 178 g/mol. The van der Waals surface area contributed by atoms with Gasteiger partial charge in [-0.05, 0) is 18.9 Å².